The Morgan fingerprint density at radius 2 is 2.11 bits per heavy atom. The molecule has 1 saturated heterocycles. The maximum Gasteiger partial charge on any atom is 0.273 e. The molecule has 2 rings (SSSR count). The van der Waals surface area contributed by atoms with Crippen molar-refractivity contribution in [2.75, 3.05) is 6.54 Å². The lowest BCUT2D eigenvalue weighted by molar-refractivity contribution is -0.143. The van der Waals surface area contributed by atoms with E-state index in [9.17, 15) is 14.4 Å². The Morgan fingerprint density at radius 3 is 2.67 bits per heavy atom. The maximum absolute atomic E-state index is 12.3. The van der Waals surface area contributed by atoms with Gasteiger partial charge in [-0.1, -0.05) is 0 Å². The average Bonchev–Trinajstić information content (AvgIpc) is 2.69. The van der Waals surface area contributed by atoms with Gasteiger partial charge in [0, 0.05) is 7.05 Å². The summed E-state index contributed by atoms with van der Waals surface area (Å²) in [5.41, 5.74) is -0.722. The lowest BCUT2D eigenvalue weighted by Crippen LogP contribution is -2.65. The SMILES string of the molecule is Cn1cncc1C(=O)N1CC(=O)NC(=O)C1(C)C. The highest BCUT2D eigenvalue weighted by Gasteiger charge is 2.44. The molecule has 0 spiro atoms. The van der Waals surface area contributed by atoms with E-state index in [0.29, 0.717) is 5.69 Å². The van der Waals surface area contributed by atoms with E-state index in [-0.39, 0.29) is 12.5 Å². The standard InChI is InChI=1S/C11H14N4O3/c1-11(2)10(18)13-8(16)5-15(11)9(17)7-4-12-6-14(7)3/h4,6H,5H2,1-3H3,(H,13,16,18). The van der Waals surface area contributed by atoms with Gasteiger partial charge in [-0.2, -0.15) is 0 Å². The third-order valence-corrected chi connectivity index (χ3v) is 3.07. The summed E-state index contributed by atoms with van der Waals surface area (Å²) in [6, 6.07) is 0. The summed E-state index contributed by atoms with van der Waals surface area (Å²) in [5.74, 6) is -1.34. The van der Waals surface area contributed by atoms with Crippen molar-refractivity contribution in [1.82, 2.24) is 19.8 Å². The van der Waals surface area contributed by atoms with Crippen molar-refractivity contribution in [2.45, 2.75) is 19.4 Å². The monoisotopic (exact) mass is 250 g/mol. The topological polar surface area (TPSA) is 84.3 Å². The fraction of sp³-hybridized carbons (Fsp3) is 0.455. The van der Waals surface area contributed by atoms with Crippen molar-refractivity contribution < 1.29 is 14.4 Å². The maximum atomic E-state index is 12.3. The highest BCUT2D eigenvalue weighted by molar-refractivity contribution is 6.08. The van der Waals surface area contributed by atoms with E-state index in [1.54, 1.807) is 25.5 Å². The first-order valence-electron chi connectivity index (χ1n) is 5.46. The van der Waals surface area contributed by atoms with Crippen LogP contribution in [-0.2, 0) is 16.6 Å². The normalized spacial score (nSPS) is 18.7. The Labute approximate surface area is 104 Å². The number of aryl methyl sites for hydroxylation is 1. The number of carbonyl (C=O) groups excluding carboxylic acids is 3. The number of piperazine rings is 1. The molecule has 0 aliphatic carbocycles. The van der Waals surface area contributed by atoms with E-state index in [1.807, 2.05) is 0 Å². The van der Waals surface area contributed by atoms with Gasteiger partial charge >= 0.3 is 0 Å². The van der Waals surface area contributed by atoms with Crippen LogP contribution in [0.5, 0.6) is 0 Å². The molecule has 1 aliphatic heterocycles. The minimum Gasteiger partial charge on any atom is -0.330 e. The molecule has 18 heavy (non-hydrogen) atoms. The minimum atomic E-state index is -1.06. The Balaban J connectivity index is 2.37. The zero-order valence-electron chi connectivity index (χ0n) is 10.4. The lowest BCUT2D eigenvalue weighted by atomic mass is 9.98. The van der Waals surface area contributed by atoms with Gasteiger partial charge in [0.1, 0.15) is 17.8 Å². The third kappa shape index (κ3) is 1.77. The summed E-state index contributed by atoms with van der Waals surface area (Å²) in [4.78, 5) is 40.6. The van der Waals surface area contributed by atoms with Crippen molar-refractivity contribution in [3.63, 3.8) is 0 Å². The van der Waals surface area contributed by atoms with E-state index >= 15 is 0 Å². The van der Waals surface area contributed by atoms with Crippen LogP contribution in [0.15, 0.2) is 12.5 Å². The van der Waals surface area contributed by atoms with Gasteiger partial charge < -0.3 is 9.47 Å². The zero-order valence-corrected chi connectivity index (χ0v) is 10.4. The van der Waals surface area contributed by atoms with Crippen LogP contribution in [0.3, 0.4) is 0 Å². The van der Waals surface area contributed by atoms with Crippen molar-refractivity contribution in [1.29, 1.82) is 0 Å². The van der Waals surface area contributed by atoms with Crippen LogP contribution in [0.25, 0.3) is 0 Å². The van der Waals surface area contributed by atoms with Gasteiger partial charge in [-0.15, -0.1) is 0 Å². The highest BCUT2D eigenvalue weighted by atomic mass is 16.2. The smallest absolute Gasteiger partial charge is 0.273 e. The first-order valence-corrected chi connectivity index (χ1v) is 5.46. The molecule has 0 saturated carbocycles. The van der Waals surface area contributed by atoms with Gasteiger partial charge in [0.25, 0.3) is 11.8 Å². The summed E-state index contributed by atoms with van der Waals surface area (Å²) in [5, 5.41) is 2.22. The van der Waals surface area contributed by atoms with Crippen molar-refractivity contribution in [2.24, 2.45) is 7.05 Å². The first-order chi connectivity index (χ1) is 8.34. The van der Waals surface area contributed by atoms with E-state index in [0.717, 1.165) is 0 Å². The second-order valence-corrected chi connectivity index (χ2v) is 4.72. The largest absolute Gasteiger partial charge is 0.330 e. The molecule has 1 aromatic heterocycles. The molecular weight excluding hydrogens is 236 g/mol. The first kappa shape index (κ1) is 12.3. The Kier molecular flexibility index (Phi) is 2.68. The summed E-state index contributed by atoms with van der Waals surface area (Å²) in [6.07, 6.45) is 2.90. The molecule has 1 N–H and O–H groups in total. The number of hydrogen-bond acceptors (Lipinski definition) is 4. The molecule has 96 valence electrons. The quantitative estimate of drug-likeness (QED) is 0.668. The summed E-state index contributed by atoms with van der Waals surface area (Å²) in [7, 11) is 1.68. The number of rotatable bonds is 1. The van der Waals surface area contributed by atoms with Crippen LogP contribution >= 0.6 is 0 Å². The van der Waals surface area contributed by atoms with Crippen LogP contribution in [0.2, 0.25) is 0 Å². The molecule has 0 atom stereocenters. The Bertz CT molecular complexity index is 532. The van der Waals surface area contributed by atoms with Crippen molar-refractivity contribution in [3.8, 4) is 0 Å². The Morgan fingerprint density at radius 1 is 1.44 bits per heavy atom. The van der Waals surface area contributed by atoms with E-state index in [1.165, 1.54) is 17.4 Å². The van der Waals surface area contributed by atoms with Crippen LogP contribution < -0.4 is 5.32 Å². The molecule has 0 unspecified atom stereocenters. The van der Waals surface area contributed by atoms with E-state index < -0.39 is 17.4 Å². The second kappa shape index (κ2) is 3.94. The van der Waals surface area contributed by atoms with Crippen LogP contribution in [-0.4, -0.2) is 44.3 Å². The third-order valence-electron chi connectivity index (χ3n) is 3.07. The fourth-order valence-electron chi connectivity index (χ4n) is 1.81. The number of nitrogens with zero attached hydrogens (tertiary/aromatic N) is 3. The molecule has 1 fully saturated rings. The van der Waals surface area contributed by atoms with Crippen LogP contribution in [0.1, 0.15) is 24.3 Å². The van der Waals surface area contributed by atoms with Gasteiger partial charge in [0.15, 0.2) is 0 Å². The molecule has 1 aromatic rings. The molecular formula is C11H14N4O3. The van der Waals surface area contributed by atoms with Crippen molar-refractivity contribution in [3.05, 3.63) is 18.2 Å². The molecule has 3 amide bonds. The predicted octanol–water partition coefficient (Wildman–Crippen LogP) is -0.703. The number of aromatic nitrogens is 2. The molecule has 0 bridgehead atoms. The average molecular weight is 250 g/mol. The predicted molar refractivity (Wildman–Crippen MR) is 61.5 cm³/mol. The van der Waals surface area contributed by atoms with Gasteiger partial charge in [0.2, 0.25) is 5.91 Å². The van der Waals surface area contributed by atoms with E-state index in [4.69, 9.17) is 0 Å². The number of nitrogens with one attached hydrogen (secondary N) is 1. The van der Waals surface area contributed by atoms with Gasteiger partial charge in [-0.25, -0.2) is 4.98 Å². The number of imidazole rings is 1. The van der Waals surface area contributed by atoms with E-state index in [2.05, 4.69) is 10.3 Å². The van der Waals surface area contributed by atoms with Crippen molar-refractivity contribution >= 4 is 17.7 Å². The molecule has 1 aliphatic rings. The molecule has 0 aromatic carbocycles. The van der Waals surface area contributed by atoms with Gasteiger partial charge in [-0.3, -0.25) is 19.7 Å². The highest BCUT2D eigenvalue weighted by Crippen LogP contribution is 2.20. The second-order valence-electron chi connectivity index (χ2n) is 4.72. The van der Waals surface area contributed by atoms with Crippen LogP contribution in [0, 0.1) is 0 Å². The minimum absolute atomic E-state index is 0.136. The summed E-state index contributed by atoms with van der Waals surface area (Å²) in [6.45, 7) is 3.06. The summed E-state index contributed by atoms with van der Waals surface area (Å²) < 4.78 is 1.55. The lowest BCUT2D eigenvalue weighted by Gasteiger charge is -2.39. The fourth-order valence-corrected chi connectivity index (χ4v) is 1.81. The Hall–Kier alpha value is -2.18. The molecule has 7 nitrogen and oxygen atoms in total. The molecule has 0 radical (unpaired) electrons. The summed E-state index contributed by atoms with van der Waals surface area (Å²) >= 11 is 0. The number of amides is 3. The molecule has 2 heterocycles. The van der Waals surface area contributed by atoms with Gasteiger partial charge in [-0.05, 0) is 13.8 Å². The van der Waals surface area contributed by atoms with Crippen LogP contribution in [0.4, 0.5) is 0 Å². The number of imide groups is 1. The van der Waals surface area contributed by atoms with Gasteiger partial charge in [0.05, 0.1) is 12.5 Å². The number of carbonyl (C=O) groups is 3. The zero-order chi connectivity index (χ0) is 13.5. The number of hydrogen-bond donors (Lipinski definition) is 1. The molecule has 7 heteroatoms.